The van der Waals surface area contributed by atoms with Gasteiger partial charge in [0, 0.05) is 0 Å². The first-order valence-electron chi connectivity index (χ1n) is 8.17. The van der Waals surface area contributed by atoms with Crippen molar-refractivity contribution in [2.24, 2.45) is 0 Å². The van der Waals surface area contributed by atoms with Crippen molar-refractivity contribution < 1.29 is 4.79 Å². The third kappa shape index (κ3) is 4.69. The zero-order chi connectivity index (χ0) is 16.2. The Labute approximate surface area is 140 Å². The van der Waals surface area contributed by atoms with Gasteiger partial charge in [0.2, 0.25) is 0 Å². The van der Waals surface area contributed by atoms with Crippen molar-refractivity contribution in [3.8, 4) is 0 Å². The Kier molecular flexibility index (Phi) is 6.28. The topological polar surface area (TPSA) is 17.1 Å². The molecular weight excluding hydrogens is 349 g/mol. The molecule has 0 saturated heterocycles. The minimum absolute atomic E-state index is 0.0702. The predicted octanol–water partition coefficient (Wildman–Crippen LogP) is 5.32. The molecule has 1 aromatic rings. The number of hydrogen-bond acceptors (Lipinski definition) is 1. The Hall–Kier alpha value is -0.607. The maximum absolute atomic E-state index is 13.0. The molecule has 1 aliphatic carbocycles. The van der Waals surface area contributed by atoms with Gasteiger partial charge in [0.15, 0.2) is 0 Å². The van der Waals surface area contributed by atoms with Crippen molar-refractivity contribution in [1.29, 1.82) is 0 Å². The standard InChI is InChI=1S/C19H28GeOS/c1-20(2,3)19(18(21)17-12-6-5-7-13-17)22(4)15-14-16-10-8-9-11-16/h5-7,12-14H,8-11,15H2,1-4H3. The molecule has 0 aromatic heterocycles. The maximum atomic E-state index is 13.0. The van der Waals surface area contributed by atoms with Gasteiger partial charge in [-0.25, -0.2) is 0 Å². The van der Waals surface area contributed by atoms with Crippen molar-refractivity contribution in [2.45, 2.75) is 43.0 Å². The summed E-state index contributed by atoms with van der Waals surface area (Å²) in [6.45, 7) is 0. The number of rotatable bonds is 5. The monoisotopic (exact) mass is 378 g/mol. The molecule has 1 aliphatic rings. The molecule has 0 radical (unpaired) electrons. The normalized spacial score (nSPS) is 17.3. The molecule has 120 valence electrons. The molecule has 1 saturated carbocycles. The Morgan fingerprint density at radius 2 is 1.73 bits per heavy atom. The van der Waals surface area contributed by atoms with Crippen LogP contribution in [0.3, 0.4) is 0 Å². The van der Waals surface area contributed by atoms with E-state index in [9.17, 15) is 4.79 Å². The van der Waals surface area contributed by atoms with Crippen molar-refractivity contribution >= 4 is 33.2 Å². The van der Waals surface area contributed by atoms with Gasteiger partial charge in [0.05, 0.1) is 0 Å². The van der Waals surface area contributed by atoms with Crippen LogP contribution < -0.4 is 0 Å². The van der Waals surface area contributed by atoms with Gasteiger partial charge in [0.25, 0.3) is 0 Å². The molecule has 1 atom stereocenters. The van der Waals surface area contributed by atoms with Crippen LogP contribution in [-0.4, -0.2) is 34.8 Å². The van der Waals surface area contributed by atoms with Crippen LogP contribution in [0.25, 0.3) is 0 Å². The Morgan fingerprint density at radius 3 is 2.27 bits per heavy atom. The van der Waals surface area contributed by atoms with Crippen molar-refractivity contribution in [1.82, 2.24) is 0 Å². The fourth-order valence-corrected chi connectivity index (χ4v) is 14.1. The van der Waals surface area contributed by atoms with Gasteiger partial charge in [-0.2, -0.15) is 0 Å². The van der Waals surface area contributed by atoms with Crippen LogP contribution in [0.5, 0.6) is 0 Å². The van der Waals surface area contributed by atoms with E-state index in [1.54, 1.807) is 5.57 Å². The third-order valence-corrected chi connectivity index (χ3v) is 14.4. The summed E-state index contributed by atoms with van der Waals surface area (Å²) in [7, 11) is 0.0702. The van der Waals surface area contributed by atoms with Gasteiger partial charge in [-0.05, 0) is 0 Å². The number of benzene rings is 1. The van der Waals surface area contributed by atoms with Crippen LogP contribution >= 0.6 is 10.5 Å². The summed E-state index contributed by atoms with van der Waals surface area (Å²) in [6.07, 6.45) is 9.95. The zero-order valence-corrected chi connectivity index (χ0v) is 17.2. The molecule has 1 fully saturated rings. The average molecular weight is 377 g/mol. The first kappa shape index (κ1) is 17.7. The van der Waals surface area contributed by atoms with E-state index in [1.807, 2.05) is 30.3 Å². The molecular formula is C19H28GeOS. The van der Waals surface area contributed by atoms with Gasteiger partial charge in [-0.1, -0.05) is 0 Å². The molecule has 0 N–H and O–H groups in total. The van der Waals surface area contributed by atoms with E-state index >= 15 is 0 Å². The van der Waals surface area contributed by atoms with Crippen LogP contribution in [0.1, 0.15) is 36.0 Å². The predicted molar refractivity (Wildman–Crippen MR) is 104 cm³/mol. The number of ketones is 1. The molecule has 2 rings (SSSR count). The summed E-state index contributed by atoms with van der Waals surface area (Å²) in [6, 6.07) is 9.83. The number of Topliss-reactive ketones (excluding diaryl/α,β-unsaturated/α-hetero) is 1. The minimum atomic E-state index is -2.16. The molecule has 3 heteroatoms. The van der Waals surface area contributed by atoms with Crippen molar-refractivity contribution in [3.63, 3.8) is 0 Å². The molecule has 0 bridgehead atoms. The SMILES string of the molecule is C/S(CC=C1CCCC1)=[C](/C(=O)c1ccccc1)[Ge]([CH3])([CH3])[CH3]. The van der Waals surface area contributed by atoms with Gasteiger partial charge in [-0.15, -0.1) is 0 Å². The molecule has 0 spiro atoms. The van der Waals surface area contributed by atoms with Crippen LogP contribution in [0.15, 0.2) is 42.0 Å². The quantitative estimate of drug-likeness (QED) is 0.294. The van der Waals surface area contributed by atoms with E-state index in [0.29, 0.717) is 5.78 Å². The first-order valence-corrected chi connectivity index (χ1v) is 17.3. The van der Waals surface area contributed by atoms with E-state index in [-0.39, 0.29) is 10.5 Å². The third-order valence-electron chi connectivity index (χ3n) is 4.14. The van der Waals surface area contributed by atoms with E-state index in [2.05, 4.69) is 29.6 Å². The Balaban J connectivity index is 2.30. The summed E-state index contributed by atoms with van der Waals surface area (Å²) in [5, 5.41) is 0. The Morgan fingerprint density at radius 1 is 1.14 bits per heavy atom. The molecule has 1 unspecified atom stereocenters. The molecule has 1 nitrogen and oxygen atoms in total. The summed E-state index contributed by atoms with van der Waals surface area (Å²) in [4.78, 5) is 13.0. The van der Waals surface area contributed by atoms with Gasteiger partial charge < -0.3 is 0 Å². The second-order valence-electron chi connectivity index (χ2n) is 7.15. The van der Waals surface area contributed by atoms with Gasteiger partial charge in [-0.3, -0.25) is 0 Å². The van der Waals surface area contributed by atoms with E-state index in [1.165, 1.54) is 29.4 Å². The number of carbonyl (C=O) groups excluding carboxylic acids is 1. The molecule has 0 amide bonds. The number of hydrogen-bond donors (Lipinski definition) is 0. The van der Waals surface area contributed by atoms with Crippen molar-refractivity contribution in [3.05, 3.63) is 47.5 Å². The van der Waals surface area contributed by atoms with E-state index < -0.39 is 13.3 Å². The number of carbonyl (C=O) groups is 1. The summed E-state index contributed by atoms with van der Waals surface area (Å²) in [5.74, 6) is 8.42. The fraction of sp³-hybridized carbons (Fsp3) is 0.474. The summed E-state index contributed by atoms with van der Waals surface area (Å²) < 4.78 is 1.26. The second kappa shape index (κ2) is 7.78. The van der Waals surface area contributed by atoms with E-state index in [4.69, 9.17) is 0 Å². The van der Waals surface area contributed by atoms with Crippen molar-refractivity contribution in [2.75, 3.05) is 12.0 Å². The zero-order valence-electron chi connectivity index (χ0n) is 14.3. The molecule has 0 aliphatic heterocycles. The average Bonchev–Trinajstić information content (AvgIpc) is 2.98. The Bertz CT molecular complexity index is 586. The van der Waals surface area contributed by atoms with Crippen LogP contribution in [0.4, 0.5) is 0 Å². The fourth-order valence-electron chi connectivity index (χ4n) is 3.10. The molecule has 0 heterocycles. The van der Waals surface area contributed by atoms with Crippen LogP contribution in [0, 0.1) is 0 Å². The van der Waals surface area contributed by atoms with Crippen LogP contribution in [0.2, 0.25) is 17.3 Å². The second-order valence-corrected chi connectivity index (χ2v) is 20.4. The van der Waals surface area contributed by atoms with Gasteiger partial charge >= 0.3 is 141 Å². The number of allylic oxidation sites excluding steroid dienone is 1. The molecule has 1 aromatic carbocycles. The first-order chi connectivity index (χ1) is 10.4. The molecule has 22 heavy (non-hydrogen) atoms. The summed E-state index contributed by atoms with van der Waals surface area (Å²) in [5.41, 5.74) is 2.48. The van der Waals surface area contributed by atoms with Gasteiger partial charge in [0.1, 0.15) is 0 Å². The van der Waals surface area contributed by atoms with E-state index in [0.717, 1.165) is 11.3 Å². The summed E-state index contributed by atoms with van der Waals surface area (Å²) >= 11 is -2.16. The van der Waals surface area contributed by atoms with Crippen LogP contribution in [-0.2, 0) is 0 Å².